The Morgan fingerprint density at radius 2 is 2.10 bits per heavy atom. The number of hydrogen-bond donors (Lipinski definition) is 1. The lowest BCUT2D eigenvalue weighted by Gasteiger charge is -2.12. The van der Waals surface area contributed by atoms with E-state index >= 15 is 0 Å². The van der Waals surface area contributed by atoms with Gasteiger partial charge in [0.15, 0.2) is 0 Å². The number of benzene rings is 1. The number of halogens is 1. The lowest BCUT2D eigenvalue weighted by molar-refractivity contribution is -0.120. The monoisotopic (exact) mass is 292 g/mol. The summed E-state index contributed by atoms with van der Waals surface area (Å²) >= 11 is 6.02. The van der Waals surface area contributed by atoms with Crippen molar-refractivity contribution in [2.45, 2.75) is 13.3 Å². The van der Waals surface area contributed by atoms with E-state index in [1.807, 2.05) is 42.1 Å². The second kappa shape index (κ2) is 7.12. The molecule has 5 heteroatoms. The highest BCUT2D eigenvalue weighted by Crippen LogP contribution is 2.24. The lowest BCUT2D eigenvalue weighted by atomic mass is 10.2. The highest BCUT2D eigenvalue weighted by Gasteiger charge is 2.09. The van der Waals surface area contributed by atoms with Crippen molar-refractivity contribution < 1.29 is 9.53 Å². The quantitative estimate of drug-likeness (QED) is 0.828. The van der Waals surface area contributed by atoms with Gasteiger partial charge in [-0.25, -0.2) is 0 Å². The van der Waals surface area contributed by atoms with Crippen molar-refractivity contribution in [3.05, 3.63) is 47.7 Å². The number of nitrogens with one attached hydrogen (secondary N) is 1. The molecule has 2 rings (SSSR count). The van der Waals surface area contributed by atoms with Crippen LogP contribution in [0.3, 0.4) is 0 Å². The Hall–Kier alpha value is -1.78. The van der Waals surface area contributed by atoms with Crippen LogP contribution in [0.5, 0.6) is 0 Å². The molecular formula is C15H17ClN2O2. The molecule has 1 N–H and O–H groups in total. The van der Waals surface area contributed by atoms with E-state index < -0.39 is 0 Å². The van der Waals surface area contributed by atoms with Crippen molar-refractivity contribution in [3.63, 3.8) is 0 Å². The highest BCUT2D eigenvalue weighted by atomic mass is 35.5. The van der Waals surface area contributed by atoms with Crippen molar-refractivity contribution in [1.82, 2.24) is 4.57 Å². The van der Waals surface area contributed by atoms with Crippen molar-refractivity contribution in [1.29, 1.82) is 0 Å². The van der Waals surface area contributed by atoms with Crippen LogP contribution in [0.15, 0.2) is 42.7 Å². The first-order valence-electron chi connectivity index (χ1n) is 6.51. The standard InChI is InChI=1S/C15H17ClN2O2/c1-2-9-20-11-15(19)17-13-6-5-12(16)10-14(13)18-7-3-4-8-18/h3-8,10H,2,9,11H2,1H3,(H,17,19). The van der Waals surface area contributed by atoms with Crippen LogP contribution in [0.2, 0.25) is 5.02 Å². The predicted octanol–water partition coefficient (Wildman–Crippen LogP) is 3.50. The van der Waals surface area contributed by atoms with Gasteiger partial charge in [0, 0.05) is 24.0 Å². The molecule has 0 saturated heterocycles. The first-order valence-corrected chi connectivity index (χ1v) is 6.89. The fourth-order valence-electron chi connectivity index (χ4n) is 1.81. The molecule has 2 aromatic rings. The summed E-state index contributed by atoms with van der Waals surface area (Å²) in [5.74, 6) is -0.172. The van der Waals surface area contributed by atoms with Crippen LogP contribution in [0.4, 0.5) is 5.69 Å². The van der Waals surface area contributed by atoms with Gasteiger partial charge in [-0.15, -0.1) is 0 Å². The summed E-state index contributed by atoms with van der Waals surface area (Å²) in [4.78, 5) is 11.8. The molecule has 0 aliphatic heterocycles. The second-order valence-electron chi connectivity index (χ2n) is 4.35. The normalized spacial score (nSPS) is 10.5. The largest absolute Gasteiger partial charge is 0.372 e. The van der Waals surface area contributed by atoms with Crippen LogP contribution >= 0.6 is 11.6 Å². The number of amides is 1. The lowest BCUT2D eigenvalue weighted by Crippen LogP contribution is -2.19. The maximum absolute atomic E-state index is 11.8. The van der Waals surface area contributed by atoms with Gasteiger partial charge >= 0.3 is 0 Å². The van der Waals surface area contributed by atoms with Gasteiger partial charge in [-0.2, -0.15) is 0 Å². The third kappa shape index (κ3) is 3.85. The van der Waals surface area contributed by atoms with E-state index in [4.69, 9.17) is 16.3 Å². The number of rotatable bonds is 6. The molecule has 1 heterocycles. The van der Waals surface area contributed by atoms with Gasteiger partial charge in [0.05, 0.1) is 11.4 Å². The molecular weight excluding hydrogens is 276 g/mol. The van der Waals surface area contributed by atoms with Gasteiger partial charge in [-0.05, 0) is 36.8 Å². The molecule has 0 atom stereocenters. The Kier molecular flexibility index (Phi) is 5.21. The van der Waals surface area contributed by atoms with Crippen molar-refractivity contribution in [2.24, 2.45) is 0 Å². The van der Waals surface area contributed by atoms with Gasteiger partial charge in [0.1, 0.15) is 6.61 Å². The molecule has 1 amide bonds. The average Bonchev–Trinajstić information content (AvgIpc) is 2.95. The van der Waals surface area contributed by atoms with Gasteiger partial charge in [-0.3, -0.25) is 4.79 Å². The number of nitrogens with zero attached hydrogens (tertiary/aromatic N) is 1. The number of ether oxygens (including phenoxy) is 1. The van der Waals surface area contributed by atoms with E-state index in [1.54, 1.807) is 12.1 Å². The number of aromatic nitrogens is 1. The highest BCUT2D eigenvalue weighted by molar-refractivity contribution is 6.30. The number of hydrogen-bond acceptors (Lipinski definition) is 2. The van der Waals surface area contributed by atoms with Gasteiger partial charge < -0.3 is 14.6 Å². The molecule has 0 unspecified atom stereocenters. The number of carbonyl (C=O) groups excluding carboxylic acids is 1. The van der Waals surface area contributed by atoms with Crippen molar-refractivity contribution >= 4 is 23.2 Å². The van der Waals surface area contributed by atoms with E-state index in [0.717, 1.165) is 12.1 Å². The summed E-state index contributed by atoms with van der Waals surface area (Å²) < 4.78 is 7.12. The zero-order chi connectivity index (χ0) is 14.4. The van der Waals surface area contributed by atoms with Gasteiger partial charge in [-0.1, -0.05) is 18.5 Å². The van der Waals surface area contributed by atoms with Gasteiger partial charge in [0.25, 0.3) is 0 Å². The molecule has 1 aromatic carbocycles. The van der Waals surface area contributed by atoms with E-state index in [9.17, 15) is 4.79 Å². The van der Waals surface area contributed by atoms with Crippen LogP contribution in [0.25, 0.3) is 5.69 Å². The summed E-state index contributed by atoms with van der Waals surface area (Å²) in [5.41, 5.74) is 1.53. The van der Waals surface area contributed by atoms with E-state index in [2.05, 4.69) is 5.32 Å². The topological polar surface area (TPSA) is 43.3 Å². The molecule has 0 aliphatic carbocycles. The van der Waals surface area contributed by atoms with Crippen LogP contribution in [-0.4, -0.2) is 23.7 Å². The SMILES string of the molecule is CCCOCC(=O)Nc1ccc(Cl)cc1-n1cccc1. The van der Waals surface area contributed by atoms with E-state index in [1.165, 1.54) is 0 Å². The Labute approximate surface area is 123 Å². The molecule has 20 heavy (non-hydrogen) atoms. The molecule has 0 radical (unpaired) electrons. The van der Waals surface area contributed by atoms with E-state index in [-0.39, 0.29) is 12.5 Å². The zero-order valence-corrected chi connectivity index (χ0v) is 12.1. The van der Waals surface area contributed by atoms with E-state index in [0.29, 0.717) is 17.3 Å². The number of carbonyl (C=O) groups is 1. The third-order valence-corrected chi connectivity index (χ3v) is 2.93. The smallest absolute Gasteiger partial charge is 0.250 e. The minimum atomic E-state index is -0.172. The van der Waals surface area contributed by atoms with Crippen molar-refractivity contribution in [3.8, 4) is 5.69 Å². The first kappa shape index (κ1) is 14.6. The Morgan fingerprint density at radius 1 is 1.35 bits per heavy atom. The maximum atomic E-state index is 11.8. The molecule has 1 aromatic heterocycles. The van der Waals surface area contributed by atoms with Crippen molar-refractivity contribution in [2.75, 3.05) is 18.5 Å². The molecule has 0 fully saturated rings. The summed E-state index contributed by atoms with van der Waals surface area (Å²) in [6, 6.07) is 9.17. The zero-order valence-electron chi connectivity index (χ0n) is 11.3. The Morgan fingerprint density at radius 3 is 2.80 bits per heavy atom. The molecule has 0 spiro atoms. The fraction of sp³-hybridized carbons (Fsp3) is 0.267. The Balaban J connectivity index is 2.13. The molecule has 0 bridgehead atoms. The van der Waals surface area contributed by atoms with Gasteiger partial charge in [0.2, 0.25) is 5.91 Å². The maximum Gasteiger partial charge on any atom is 0.250 e. The molecule has 0 saturated carbocycles. The van der Waals surface area contributed by atoms with Crippen LogP contribution < -0.4 is 5.32 Å². The minimum absolute atomic E-state index is 0.0571. The second-order valence-corrected chi connectivity index (χ2v) is 4.79. The minimum Gasteiger partial charge on any atom is -0.372 e. The predicted molar refractivity (Wildman–Crippen MR) is 80.5 cm³/mol. The summed E-state index contributed by atoms with van der Waals surface area (Å²) in [6.07, 6.45) is 4.69. The third-order valence-electron chi connectivity index (χ3n) is 2.70. The molecule has 106 valence electrons. The molecule has 4 nitrogen and oxygen atoms in total. The Bertz CT molecular complexity index is 567. The first-order chi connectivity index (χ1) is 9.70. The summed E-state index contributed by atoms with van der Waals surface area (Å²) in [6.45, 7) is 2.64. The summed E-state index contributed by atoms with van der Waals surface area (Å²) in [7, 11) is 0. The van der Waals surface area contributed by atoms with Crippen LogP contribution in [-0.2, 0) is 9.53 Å². The average molecular weight is 293 g/mol. The number of anilines is 1. The summed E-state index contributed by atoms with van der Waals surface area (Å²) in [5, 5.41) is 3.46. The van der Waals surface area contributed by atoms with Crippen LogP contribution in [0.1, 0.15) is 13.3 Å². The van der Waals surface area contributed by atoms with Crippen LogP contribution in [0, 0.1) is 0 Å². The molecule has 0 aliphatic rings. The fourth-order valence-corrected chi connectivity index (χ4v) is 1.98.